The molecule has 6 nitrogen and oxygen atoms in total. The van der Waals surface area contributed by atoms with Crippen LogP contribution >= 0.6 is 0 Å². The first kappa shape index (κ1) is 15.7. The molecule has 3 rings (SSSR count). The van der Waals surface area contributed by atoms with Crippen LogP contribution in [0.15, 0.2) is 35.2 Å². The number of nitrogens with one attached hydrogen (secondary N) is 1. The van der Waals surface area contributed by atoms with Crippen LogP contribution in [0, 0.1) is 13.8 Å². The first-order chi connectivity index (χ1) is 11.0. The molecule has 0 atom stereocenters. The van der Waals surface area contributed by atoms with Crippen molar-refractivity contribution < 1.29 is 8.42 Å². The minimum absolute atomic E-state index is 0.230. The van der Waals surface area contributed by atoms with Gasteiger partial charge >= 0.3 is 0 Å². The lowest BCUT2D eigenvalue weighted by molar-refractivity contribution is 0.600. The van der Waals surface area contributed by atoms with Crippen molar-refractivity contribution in [2.24, 2.45) is 0 Å². The Bertz CT molecular complexity index is 797. The van der Waals surface area contributed by atoms with Crippen molar-refractivity contribution in [3.8, 4) is 0 Å². The third-order valence-corrected chi connectivity index (χ3v) is 5.45. The molecule has 0 unspecified atom stereocenters. The molecule has 2 heterocycles. The lowest BCUT2D eigenvalue weighted by atomic mass is 10.2. The van der Waals surface area contributed by atoms with Gasteiger partial charge in [-0.25, -0.2) is 8.42 Å². The van der Waals surface area contributed by atoms with Crippen LogP contribution in [-0.4, -0.2) is 31.7 Å². The quantitative estimate of drug-likeness (QED) is 0.931. The molecule has 0 spiro atoms. The Labute approximate surface area is 136 Å². The summed E-state index contributed by atoms with van der Waals surface area (Å²) < 4.78 is 27.6. The first-order valence-electron chi connectivity index (χ1n) is 7.64. The number of anilines is 2. The normalized spacial score (nSPS) is 15.0. The second-order valence-electron chi connectivity index (χ2n) is 5.85. The zero-order valence-electron chi connectivity index (χ0n) is 13.3. The number of rotatable bonds is 4. The van der Waals surface area contributed by atoms with Gasteiger partial charge in [-0.2, -0.15) is 0 Å². The minimum atomic E-state index is -3.66. The Hall–Kier alpha value is -2.15. The fourth-order valence-electron chi connectivity index (χ4n) is 2.68. The zero-order chi connectivity index (χ0) is 16.4. The van der Waals surface area contributed by atoms with E-state index < -0.39 is 10.0 Å². The number of aromatic nitrogens is 2. The van der Waals surface area contributed by atoms with Crippen LogP contribution in [-0.2, 0) is 10.0 Å². The molecule has 7 heteroatoms. The third-order valence-electron chi connectivity index (χ3n) is 3.95. The van der Waals surface area contributed by atoms with Gasteiger partial charge in [-0.15, -0.1) is 10.2 Å². The van der Waals surface area contributed by atoms with Crippen molar-refractivity contribution in [1.29, 1.82) is 0 Å². The molecular formula is C16H20N4O2S. The van der Waals surface area contributed by atoms with Gasteiger partial charge in [-0.1, -0.05) is 12.1 Å². The molecule has 1 saturated heterocycles. The number of aryl methyl sites for hydroxylation is 2. The molecule has 0 radical (unpaired) electrons. The van der Waals surface area contributed by atoms with Crippen LogP contribution in [0.3, 0.4) is 0 Å². The number of hydrogen-bond donors (Lipinski definition) is 1. The average Bonchev–Trinajstić information content (AvgIpc) is 3.04. The maximum atomic E-state index is 12.5. The zero-order valence-corrected chi connectivity index (χ0v) is 14.1. The molecular weight excluding hydrogens is 312 g/mol. The molecule has 1 aliphatic heterocycles. The van der Waals surface area contributed by atoms with E-state index in [0.717, 1.165) is 37.3 Å². The van der Waals surface area contributed by atoms with Crippen molar-refractivity contribution >= 4 is 21.7 Å². The fourth-order valence-corrected chi connectivity index (χ4v) is 4.01. The van der Waals surface area contributed by atoms with Gasteiger partial charge in [0.1, 0.15) is 0 Å². The van der Waals surface area contributed by atoms with E-state index in [4.69, 9.17) is 0 Å². The molecule has 1 aliphatic rings. The monoisotopic (exact) mass is 332 g/mol. The highest BCUT2D eigenvalue weighted by Gasteiger charge is 2.19. The second-order valence-corrected chi connectivity index (χ2v) is 7.50. The Morgan fingerprint density at radius 1 is 1.04 bits per heavy atom. The highest BCUT2D eigenvalue weighted by molar-refractivity contribution is 7.92. The van der Waals surface area contributed by atoms with Gasteiger partial charge in [-0.3, -0.25) is 4.72 Å². The summed E-state index contributed by atoms with van der Waals surface area (Å²) in [6, 6.07) is 8.80. The molecule has 0 saturated carbocycles. The van der Waals surface area contributed by atoms with E-state index in [1.54, 1.807) is 31.2 Å². The summed E-state index contributed by atoms with van der Waals surface area (Å²) in [7, 11) is -3.66. The van der Waals surface area contributed by atoms with Gasteiger partial charge in [0.25, 0.3) is 10.0 Å². The SMILES string of the molecule is Cc1ccc(C)c(S(=O)(=O)Nc2ccc(N3CCCC3)nn2)c1. The molecule has 2 aromatic rings. The van der Waals surface area contributed by atoms with Gasteiger partial charge in [0.2, 0.25) is 0 Å². The Morgan fingerprint density at radius 2 is 1.78 bits per heavy atom. The van der Waals surface area contributed by atoms with Crippen molar-refractivity contribution in [1.82, 2.24) is 10.2 Å². The molecule has 1 fully saturated rings. The number of nitrogens with zero attached hydrogens (tertiary/aromatic N) is 3. The minimum Gasteiger partial charge on any atom is -0.355 e. The van der Waals surface area contributed by atoms with Gasteiger partial charge in [-0.05, 0) is 56.0 Å². The number of hydrogen-bond acceptors (Lipinski definition) is 5. The van der Waals surface area contributed by atoms with Gasteiger partial charge in [0.05, 0.1) is 4.90 Å². The lowest BCUT2D eigenvalue weighted by Crippen LogP contribution is -2.20. The number of sulfonamides is 1. The summed E-state index contributed by atoms with van der Waals surface area (Å²) in [6.07, 6.45) is 2.31. The van der Waals surface area contributed by atoms with Crippen LogP contribution in [0.4, 0.5) is 11.6 Å². The second kappa shape index (κ2) is 6.16. The predicted octanol–water partition coefficient (Wildman–Crippen LogP) is 2.49. The van der Waals surface area contributed by atoms with E-state index in [2.05, 4.69) is 19.8 Å². The van der Waals surface area contributed by atoms with Crippen LogP contribution in [0.2, 0.25) is 0 Å². The smallest absolute Gasteiger partial charge is 0.263 e. The Balaban J connectivity index is 1.81. The highest BCUT2D eigenvalue weighted by atomic mass is 32.2. The van der Waals surface area contributed by atoms with E-state index in [1.165, 1.54) is 0 Å². The predicted molar refractivity (Wildman–Crippen MR) is 90.2 cm³/mol. The molecule has 0 aliphatic carbocycles. The van der Waals surface area contributed by atoms with Crippen molar-refractivity contribution in [2.45, 2.75) is 31.6 Å². The van der Waals surface area contributed by atoms with Crippen molar-refractivity contribution in [2.75, 3.05) is 22.7 Å². The summed E-state index contributed by atoms with van der Waals surface area (Å²) in [5.74, 6) is 1.02. The molecule has 1 N–H and O–H groups in total. The fraction of sp³-hybridized carbons (Fsp3) is 0.375. The van der Waals surface area contributed by atoms with E-state index >= 15 is 0 Å². The van der Waals surface area contributed by atoms with E-state index in [0.29, 0.717) is 5.56 Å². The average molecular weight is 332 g/mol. The van der Waals surface area contributed by atoms with Gasteiger partial charge < -0.3 is 4.90 Å². The van der Waals surface area contributed by atoms with E-state index in [9.17, 15) is 8.42 Å². The highest BCUT2D eigenvalue weighted by Crippen LogP contribution is 2.21. The summed E-state index contributed by atoms with van der Waals surface area (Å²) in [5, 5.41) is 8.13. The van der Waals surface area contributed by atoms with Crippen molar-refractivity contribution in [3.05, 3.63) is 41.5 Å². The molecule has 0 amide bonds. The largest absolute Gasteiger partial charge is 0.355 e. The standard InChI is InChI=1S/C16H20N4O2S/c1-12-5-6-13(2)14(11-12)23(21,22)19-15-7-8-16(18-17-15)20-9-3-4-10-20/h5-8,11H,3-4,9-10H2,1-2H3,(H,17,19). The van der Waals surface area contributed by atoms with Crippen LogP contribution in [0.5, 0.6) is 0 Å². The maximum absolute atomic E-state index is 12.5. The van der Waals surface area contributed by atoms with E-state index in [-0.39, 0.29) is 10.7 Å². The van der Waals surface area contributed by atoms with Crippen LogP contribution in [0.25, 0.3) is 0 Å². The summed E-state index contributed by atoms with van der Waals surface area (Å²) >= 11 is 0. The topological polar surface area (TPSA) is 75.2 Å². The Kier molecular flexibility index (Phi) is 4.21. The molecule has 122 valence electrons. The Morgan fingerprint density at radius 3 is 2.43 bits per heavy atom. The molecule has 0 bridgehead atoms. The number of benzene rings is 1. The lowest BCUT2D eigenvalue weighted by Gasteiger charge is -2.15. The molecule has 1 aromatic heterocycles. The van der Waals surface area contributed by atoms with E-state index in [1.807, 2.05) is 13.0 Å². The van der Waals surface area contributed by atoms with Gasteiger partial charge in [0.15, 0.2) is 11.6 Å². The van der Waals surface area contributed by atoms with Crippen LogP contribution < -0.4 is 9.62 Å². The molecule has 23 heavy (non-hydrogen) atoms. The summed E-state index contributed by atoms with van der Waals surface area (Å²) in [6.45, 7) is 5.59. The summed E-state index contributed by atoms with van der Waals surface area (Å²) in [5.41, 5.74) is 1.59. The summed E-state index contributed by atoms with van der Waals surface area (Å²) in [4.78, 5) is 2.42. The third kappa shape index (κ3) is 3.44. The molecule has 1 aromatic carbocycles. The van der Waals surface area contributed by atoms with Crippen molar-refractivity contribution in [3.63, 3.8) is 0 Å². The van der Waals surface area contributed by atoms with Gasteiger partial charge in [0, 0.05) is 13.1 Å². The van der Waals surface area contributed by atoms with Crippen LogP contribution in [0.1, 0.15) is 24.0 Å². The maximum Gasteiger partial charge on any atom is 0.263 e. The first-order valence-corrected chi connectivity index (χ1v) is 9.13.